The number of urea groups is 1. The van der Waals surface area contributed by atoms with Gasteiger partial charge >= 0.3 is 12.0 Å². The summed E-state index contributed by atoms with van der Waals surface area (Å²) >= 11 is 0. The first-order valence-corrected chi connectivity index (χ1v) is 9.48. The minimum Gasteiger partial charge on any atom is -0.497 e. The Morgan fingerprint density at radius 3 is 2.63 bits per heavy atom. The number of amides is 2. The van der Waals surface area contributed by atoms with Crippen LogP contribution in [0.2, 0.25) is 0 Å². The maximum absolute atomic E-state index is 12.6. The molecule has 27 heavy (non-hydrogen) atoms. The van der Waals surface area contributed by atoms with Crippen molar-refractivity contribution >= 4 is 12.0 Å². The molecule has 2 amide bonds. The molecule has 1 aromatic rings. The van der Waals surface area contributed by atoms with E-state index in [-0.39, 0.29) is 18.6 Å². The molecule has 0 radical (unpaired) electrons. The van der Waals surface area contributed by atoms with Gasteiger partial charge in [0.15, 0.2) is 0 Å². The fourth-order valence-corrected chi connectivity index (χ4v) is 3.58. The summed E-state index contributed by atoms with van der Waals surface area (Å²) in [5.41, 5.74) is 0.220. The second-order valence-corrected chi connectivity index (χ2v) is 7.24. The number of hydrogen-bond donors (Lipinski definition) is 2. The molecular formula is C20H31N3O4. The summed E-state index contributed by atoms with van der Waals surface area (Å²) in [7, 11) is 1.64. The molecule has 1 aliphatic heterocycles. The fourth-order valence-electron chi connectivity index (χ4n) is 3.58. The van der Waals surface area contributed by atoms with Crippen LogP contribution < -0.4 is 10.1 Å². The van der Waals surface area contributed by atoms with Gasteiger partial charge in [0, 0.05) is 19.6 Å². The van der Waals surface area contributed by atoms with Crippen molar-refractivity contribution in [2.24, 2.45) is 5.41 Å². The standard InChI is InChI=1S/C20H31N3O4/c1-5-22(6-2)17(15-8-7-9-16(12-15)27-4)13-21-19(26)23-11-10-20(3,14-23)18(24)25/h7-9,12,17H,5-6,10-11,13-14H2,1-4H3,(H,21,26)(H,24,25). The second kappa shape index (κ2) is 9.08. The largest absolute Gasteiger partial charge is 0.497 e. The highest BCUT2D eigenvalue weighted by Gasteiger charge is 2.42. The number of carboxylic acids is 1. The van der Waals surface area contributed by atoms with E-state index in [4.69, 9.17) is 4.74 Å². The first kappa shape index (κ1) is 21.0. The summed E-state index contributed by atoms with van der Waals surface area (Å²) in [4.78, 5) is 27.9. The van der Waals surface area contributed by atoms with E-state index < -0.39 is 11.4 Å². The number of aliphatic carboxylic acids is 1. The normalized spacial score (nSPS) is 20.6. The predicted molar refractivity (Wildman–Crippen MR) is 104 cm³/mol. The van der Waals surface area contributed by atoms with Crippen molar-refractivity contribution in [2.45, 2.75) is 33.2 Å². The number of hydrogen-bond acceptors (Lipinski definition) is 4. The zero-order valence-corrected chi connectivity index (χ0v) is 16.7. The average molecular weight is 377 g/mol. The van der Waals surface area contributed by atoms with Gasteiger partial charge in [0.25, 0.3) is 0 Å². The Morgan fingerprint density at radius 1 is 1.37 bits per heavy atom. The molecule has 2 unspecified atom stereocenters. The monoisotopic (exact) mass is 377 g/mol. The number of rotatable bonds is 8. The maximum atomic E-state index is 12.6. The molecule has 7 nitrogen and oxygen atoms in total. The number of nitrogens with one attached hydrogen (secondary N) is 1. The lowest BCUT2D eigenvalue weighted by atomic mass is 9.90. The van der Waals surface area contributed by atoms with E-state index in [0.717, 1.165) is 24.4 Å². The van der Waals surface area contributed by atoms with Crippen LogP contribution in [0.5, 0.6) is 5.75 Å². The lowest BCUT2D eigenvalue weighted by molar-refractivity contribution is -0.147. The number of benzene rings is 1. The summed E-state index contributed by atoms with van der Waals surface area (Å²) in [5.74, 6) is -0.0667. The highest BCUT2D eigenvalue weighted by molar-refractivity contribution is 5.79. The average Bonchev–Trinajstić information content (AvgIpc) is 3.09. The van der Waals surface area contributed by atoms with E-state index in [1.165, 1.54) is 0 Å². The van der Waals surface area contributed by atoms with E-state index in [0.29, 0.717) is 19.5 Å². The molecule has 2 N–H and O–H groups in total. The van der Waals surface area contributed by atoms with Gasteiger partial charge in [-0.1, -0.05) is 26.0 Å². The Bertz CT molecular complexity index is 662. The van der Waals surface area contributed by atoms with Crippen molar-refractivity contribution < 1.29 is 19.4 Å². The van der Waals surface area contributed by atoms with Gasteiger partial charge < -0.3 is 20.1 Å². The van der Waals surface area contributed by atoms with E-state index in [1.807, 2.05) is 24.3 Å². The minimum atomic E-state index is -0.859. The Kier molecular flexibility index (Phi) is 7.07. The zero-order valence-electron chi connectivity index (χ0n) is 16.7. The second-order valence-electron chi connectivity index (χ2n) is 7.24. The molecule has 0 saturated carbocycles. The number of methoxy groups -OCH3 is 1. The topological polar surface area (TPSA) is 82.1 Å². The Labute approximate surface area is 161 Å². The van der Waals surface area contributed by atoms with Crippen molar-refractivity contribution in [3.05, 3.63) is 29.8 Å². The van der Waals surface area contributed by atoms with Crippen LogP contribution >= 0.6 is 0 Å². The predicted octanol–water partition coefficient (Wildman–Crippen LogP) is 2.58. The van der Waals surface area contributed by atoms with Crippen molar-refractivity contribution in [2.75, 3.05) is 39.8 Å². The van der Waals surface area contributed by atoms with E-state index in [9.17, 15) is 14.7 Å². The minimum absolute atomic E-state index is 0.0208. The van der Waals surface area contributed by atoms with Gasteiger partial charge in [0.2, 0.25) is 0 Å². The summed E-state index contributed by atoms with van der Waals surface area (Å²) in [5, 5.41) is 12.3. The van der Waals surface area contributed by atoms with Crippen molar-refractivity contribution in [1.82, 2.24) is 15.1 Å². The van der Waals surface area contributed by atoms with Gasteiger partial charge in [-0.3, -0.25) is 9.69 Å². The van der Waals surface area contributed by atoms with Gasteiger partial charge in [-0.2, -0.15) is 0 Å². The van der Waals surface area contributed by atoms with Crippen LogP contribution in [0.3, 0.4) is 0 Å². The third-order valence-electron chi connectivity index (χ3n) is 5.46. The molecule has 1 aliphatic rings. The molecule has 7 heteroatoms. The molecule has 1 heterocycles. The Hall–Kier alpha value is -2.28. The molecule has 2 rings (SSSR count). The Morgan fingerprint density at radius 2 is 2.07 bits per heavy atom. The van der Waals surface area contributed by atoms with Gasteiger partial charge in [0.1, 0.15) is 5.75 Å². The van der Waals surface area contributed by atoms with Crippen LogP contribution in [0.25, 0.3) is 0 Å². The smallest absolute Gasteiger partial charge is 0.317 e. The van der Waals surface area contributed by atoms with E-state index >= 15 is 0 Å². The van der Waals surface area contributed by atoms with Crippen molar-refractivity contribution in [3.63, 3.8) is 0 Å². The lowest BCUT2D eigenvalue weighted by Gasteiger charge is -2.31. The lowest BCUT2D eigenvalue weighted by Crippen LogP contribution is -2.44. The molecule has 1 aromatic carbocycles. The molecule has 0 spiro atoms. The molecule has 0 aliphatic carbocycles. The highest BCUT2D eigenvalue weighted by Crippen LogP contribution is 2.30. The van der Waals surface area contributed by atoms with E-state index in [1.54, 1.807) is 18.9 Å². The van der Waals surface area contributed by atoms with Gasteiger partial charge in [-0.05, 0) is 44.1 Å². The molecule has 150 valence electrons. The van der Waals surface area contributed by atoms with Crippen LogP contribution in [-0.4, -0.2) is 66.7 Å². The molecule has 1 fully saturated rings. The number of carbonyl (C=O) groups is 2. The quantitative estimate of drug-likeness (QED) is 0.728. The third kappa shape index (κ3) is 4.91. The number of likely N-dealkylation sites (N-methyl/N-ethyl adjacent to an activating group) is 1. The fraction of sp³-hybridized carbons (Fsp3) is 0.600. The first-order valence-electron chi connectivity index (χ1n) is 9.48. The van der Waals surface area contributed by atoms with Crippen LogP contribution in [0.4, 0.5) is 4.79 Å². The van der Waals surface area contributed by atoms with Crippen LogP contribution in [0.15, 0.2) is 24.3 Å². The van der Waals surface area contributed by atoms with Gasteiger partial charge in [-0.15, -0.1) is 0 Å². The number of nitrogens with zero attached hydrogens (tertiary/aromatic N) is 2. The Balaban J connectivity index is 2.07. The maximum Gasteiger partial charge on any atom is 0.317 e. The molecule has 2 atom stereocenters. The SMILES string of the molecule is CCN(CC)C(CNC(=O)N1CCC(C)(C(=O)O)C1)c1cccc(OC)c1. The molecule has 1 saturated heterocycles. The van der Waals surface area contributed by atoms with Crippen LogP contribution in [0, 0.1) is 5.41 Å². The summed E-state index contributed by atoms with van der Waals surface area (Å²) < 4.78 is 5.33. The zero-order chi connectivity index (χ0) is 20.0. The van der Waals surface area contributed by atoms with Gasteiger partial charge in [0.05, 0.1) is 18.6 Å². The van der Waals surface area contributed by atoms with Crippen LogP contribution in [0.1, 0.15) is 38.8 Å². The molecular weight excluding hydrogens is 346 g/mol. The van der Waals surface area contributed by atoms with Crippen LogP contribution in [-0.2, 0) is 4.79 Å². The number of carbonyl (C=O) groups excluding carboxylic acids is 1. The summed E-state index contributed by atoms with van der Waals surface area (Å²) in [6.07, 6.45) is 0.477. The summed E-state index contributed by atoms with van der Waals surface area (Å²) in [6, 6.07) is 7.69. The summed E-state index contributed by atoms with van der Waals surface area (Å²) in [6.45, 7) is 8.75. The number of carboxylic acid groups (broad SMARTS) is 1. The first-order chi connectivity index (χ1) is 12.8. The molecule has 0 bridgehead atoms. The highest BCUT2D eigenvalue weighted by atomic mass is 16.5. The third-order valence-corrected chi connectivity index (χ3v) is 5.46. The van der Waals surface area contributed by atoms with Crippen molar-refractivity contribution in [3.8, 4) is 5.75 Å². The number of ether oxygens (including phenoxy) is 1. The van der Waals surface area contributed by atoms with Crippen molar-refractivity contribution in [1.29, 1.82) is 0 Å². The molecule has 0 aromatic heterocycles. The van der Waals surface area contributed by atoms with E-state index in [2.05, 4.69) is 24.1 Å². The number of likely N-dealkylation sites (tertiary alicyclic amines) is 1. The van der Waals surface area contributed by atoms with Gasteiger partial charge in [-0.25, -0.2) is 4.79 Å².